The van der Waals surface area contributed by atoms with Gasteiger partial charge in [0.2, 0.25) is 11.9 Å². The molecule has 1 aliphatic rings. The minimum atomic E-state index is -0.0834. The number of benzene rings is 2. The molecule has 0 radical (unpaired) electrons. The Morgan fingerprint density at radius 1 is 1.13 bits per heavy atom. The van der Waals surface area contributed by atoms with Crippen molar-refractivity contribution in [2.24, 2.45) is 0 Å². The Hall–Kier alpha value is -3.74. The second kappa shape index (κ2) is 8.95. The van der Waals surface area contributed by atoms with Crippen LogP contribution >= 0.6 is 0 Å². The molecule has 0 bridgehead atoms. The molecule has 2 amide bonds. The molecule has 7 nitrogen and oxygen atoms in total. The summed E-state index contributed by atoms with van der Waals surface area (Å²) in [5.41, 5.74) is 4.56. The molecule has 2 heterocycles. The first-order chi connectivity index (χ1) is 15.1. The standard InChI is InChI=1S/C24H25N5O2/c1-3-13-29(4-2)23(31)16-9-11-18(12-10-16)26-24-25-15-17-14-21(30)27-20-8-6-5-7-19(20)22(17)28-24/h5-12,15H,3-4,13-14H2,1-2H3,(H,27,30)(H,25,26,28). The molecule has 3 aromatic rings. The smallest absolute Gasteiger partial charge is 0.253 e. The number of hydrogen-bond acceptors (Lipinski definition) is 5. The third-order valence-corrected chi connectivity index (χ3v) is 5.22. The number of para-hydroxylation sites is 1. The Bertz CT molecular complexity index is 1110. The van der Waals surface area contributed by atoms with Crippen LogP contribution in [0.25, 0.3) is 11.3 Å². The number of nitrogens with zero attached hydrogens (tertiary/aromatic N) is 3. The van der Waals surface area contributed by atoms with Crippen molar-refractivity contribution in [2.45, 2.75) is 26.7 Å². The molecule has 4 rings (SSSR count). The molecule has 2 aromatic carbocycles. The molecule has 2 N–H and O–H groups in total. The summed E-state index contributed by atoms with van der Waals surface area (Å²) in [6, 6.07) is 14.9. The van der Waals surface area contributed by atoms with Crippen molar-refractivity contribution in [1.82, 2.24) is 14.9 Å². The normalized spacial score (nSPS) is 12.3. The maximum Gasteiger partial charge on any atom is 0.253 e. The topological polar surface area (TPSA) is 87.2 Å². The lowest BCUT2D eigenvalue weighted by Gasteiger charge is -2.20. The first-order valence-corrected chi connectivity index (χ1v) is 10.5. The molecule has 31 heavy (non-hydrogen) atoms. The van der Waals surface area contributed by atoms with Crippen LogP contribution in [0, 0.1) is 0 Å². The summed E-state index contributed by atoms with van der Waals surface area (Å²) < 4.78 is 0. The quantitative estimate of drug-likeness (QED) is 0.628. The largest absolute Gasteiger partial charge is 0.339 e. The maximum absolute atomic E-state index is 12.6. The van der Waals surface area contributed by atoms with Gasteiger partial charge in [-0.25, -0.2) is 9.97 Å². The molecule has 0 aliphatic carbocycles. The van der Waals surface area contributed by atoms with E-state index in [1.54, 1.807) is 6.20 Å². The highest BCUT2D eigenvalue weighted by atomic mass is 16.2. The van der Waals surface area contributed by atoms with E-state index < -0.39 is 0 Å². The minimum absolute atomic E-state index is 0.0333. The van der Waals surface area contributed by atoms with Gasteiger partial charge in [-0.2, -0.15) is 0 Å². The van der Waals surface area contributed by atoms with Crippen LogP contribution in [0.2, 0.25) is 0 Å². The van der Waals surface area contributed by atoms with Crippen molar-refractivity contribution < 1.29 is 9.59 Å². The van der Waals surface area contributed by atoms with Crippen molar-refractivity contribution in [3.05, 3.63) is 65.9 Å². The van der Waals surface area contributed by atoms with Gasteiger partial charge < -0.3 is 15.5 Å². The van der Waals surface area contributed by atoms with Gasteiger partial charge in [0.15, 0.2) is 0 Å². The Morgan fingerprint density at radius 3 is 2.65 bits per heavy atom. The fourth-order valence-electron chi connectivity index (χ4n) is 3.68. The fraction of sp³-hybridized carbons (Fsp3) is 0.250. The van der Waals surface area contributed by atoms with Crippen molar-refractivity contribution in [3.8, 4) is 11.3 Å². The molecule has 1 aromatic heterocycles. The molecular formula is C24H25N5O2. The van der Waals surface area contributed by atoms with Crippen LogP contribution < -0.4 is 10.6 Å². The van der Waals surface area contributed by atoms with E-state index in [1.807, 2.05) is 60.4 Å². The van der Waals surface area contributed by atoms with Gasteiger partial charge in [0.25, 0.3) is 5.91 Å². The maximum atomic E-state index is 12.6. The Morgan fingerprint density at radius 2 is 1.90 bits per heavy atom. The van der Waals surface area contributed by atoms with E-state index in [0.717, 1.165) is 41.2 Å². The molecule has 0 atom stereocenters. The summed E-state index contributed by atoms with van der Waals surface area (Å²) in [6.07, 6.45) is 2.85. The lowest BCUT2D eigenvalue weighted by Crippen LogP contribution is -2.31. The number of fused-ring (bicyclic) bond motifs is 3. The zero-order chi connectivity index (χ0) is 21.8. The fourth-order valence-corrected chi connectivity index (χ4v) is 3.68. The predicted octanol–water partition coefficient (Wildman–Crippen LogP) is 4.25. The van der Waals surface area contributed by atoms with E-state index in [9.17, 15) is 9.59 Å². The van der Waals surface area contributed by atoms with Crippen molar-refractivity contribution >= 4 is 29.1 Å². The Kier molecular flexibility index (Phi) is 5.93. The zero-order valence-corrected chi connectivity index (χ0v) is 17.7. The van der Waals surface area contributed by atoms with Crippen molar-refractivity contribution in [3.63, 3.8) is 0 Å². The van der Waals surface area contributed by atoms with E-state index in [0.29, 0.717) is 18.1 Å². The number of rotatable bonds is 6. The summed E-state index contributed by atoms with van der Waals surface area (Å²) in [7, 11) is 0. The number of hydrogen-bond donors (Lipinski definition) is 2. The molecule has 0 unspecified atom stereocenters. The monoisotopic (exact) mass is 415 g/mol. The van der Waals surface area contributed by atoms with Crippen LogP contribution in [0.5, 0.6) is 0 Å². The summed E-state index contributed by atoms with van der Waals surface area (Å²) in [5, 5.41) is 6.11. The third-order valence-electron chi connectivity index (χ3n) is 5.22. The SMILES string of the molecule is CCCN(CC)C(=O)c1ccc(Nc2ncc3c(n2)-c2ccccc2NC(=O)C3)cc1. The van der Waals surface area contributed by atoms with E-state index >= 15 is 0 Å². The van der Waals surface area contributed by atoms with Crippen LogP contribution in [0.4, 0.5) is 17.3 Å². The first-order valence-electron chi connectivity index (χ1n) is 10.5. The number of nitrogens with one attached hydrogen (secondary N) is 2. The summed E-state index contributed by atoms with van der Waals surface area (Å²) in [6.45, 7) is 5.49. The summed E-state index contributed by atoms with van der Waals surface area (Å²) >= 11 is 0. The second-order valence-electron chi connectivity index (χ2n) is 7.43. The van der Waals surface area contributed by atoms with Crippen LogP contribution in [0.1, 0.15) is 36.2 Å². The van der Waals surface area contributed by atoms with E-state index in [4.69, 9.17) is 0 Å². The summed E-state index contributed by atoms with van der Waals surface area (Å²) in [4.78, 5) is 35.7. The minimum Gasteiger partial charge on any atom is -0.339 e. The lowest BCUT2D eigenvalue weighted by molar-refractivity contribution is -0.115. The first kappa shape index (κ1) is 20.5. The highest BCUT2D eigenvalue weighted by Crippen LogP contribution is 2.32. The summed E-state index contributed by atoms with van der Waals surface area (Å²) in [5.74, 6) is 0.383. The highest BCUT2D eigenvalue weighted by molar-refractivity contribution is 6.00. The van der Waals surface area contributed by atoms with Gasteiger partial charge in [-0.3, -0.25) is 9.59 Å². The molecule has 1 aliphatic heterocycles. The van der Waals surface area contributed by atoms with Crippen LogP contribution in [-0.2, 0) is 11.2 Å². The third kappa shape index (κ3) is 4.40. The lowest BCUT2D eigenvalue weighted by atomic mass is 10.1. The Balaban J connectivity index is 1.57. The van der Waals surface area contributed by atoms with Gasteiger partial charge in [0, 0.05) is 41.7 Å². The van der Waals surface area contributed by atoms with Crippen molar-refractivity contribution in [1.29, 1.82) is 0 Å². The van der Waals surface area contributed by atoms with E-state index in [-0.39, 0.29) is 18.2 Å². The number of carbonyl (C=O) groups is 2. The number of anilines is 3. The van der Waals surface area contributed by atoms with Gasteiger partial charge in [-0.15, -0.1) is 0 Å². The average Bonchev–Trinajstić information content (AvgIpc) is 2.93. The average molecular weight is 415 g/mol. The zero-order valence-electron chi connectivity index (χ0n) is 17.7. The van der Waals surface area contributed by atoms with Gasteiger partial charge in [-0.1, -0.05) is 25.1 Å². The van der Waals surface area contributed by atoms with Gasteiger partial charge in [-0.05, 0) is 43.7 Å². The van der Waals surface area contributed by atoms with Gasteiger partial charge >= 0.3 is 0 Å². The van der Waals surface area contributed by atoms with Crippen LogP contribution in [0.15, 0.2) is 54.7 Å². The van der Waals surface area contributed by atoms with Gasteiger partial charge in [0.05, 0.1) is 17.8 Å². The number of amides is 2. The molecule has 7 heteroatoms. The van der Waals surface area contributed by atoms with E-state index in [2.05, 4.69) is 27.5 Å². The van der Waals surface area contributed by atoms with E-state index in [1.165, 1.54) is 0 Å². The molecule has 0 saturated carbocycles. The van der Waals surface area contributed by atoms with Gasteiger partial charge in [0.1, 0.15) is 0 Å². The number of carbonyl (C=O) groups excluding carboxylic acids is 2. The Labute approximate surface area is 181 Å². The number of aromatic nitrogens is 2. The highest BCUT2D eigenvalue weighted by Gasteiger charge is 2.20. The molecular weight excluding hydrogens is 390 g/mol. The molecule has 0 spiro atoms. The van der Waals surface area contributed by atoms with Crippen molar-refractivity contribution in [2.75, 3.05) is 23.7 Å². The van der Waals surface area contributed by atoms with Crippen LogP contribution in [0.3, 0.4) is 0 Å². The molecule has 158 valence electrons. The molecule has 0 fully saturated rings. The van der Waals surface area contributed by atoms with Crippen LogP contribution in [-0.4, -0.2) is 39.8 Å². The molecule has 0 saturated heterocycles. The predicted molar refractivity (Wildman–Crippen MR) is 121 cm³/mol. The second-order valence-corrected chi connectivity index (χ2v) is 7.43.